The average Bonchev–Trinajstić information content (AvgIpc) is 2.68. The van der Waals surface area contributed by atoms with E-state index in [1.807, 2.05) is 51.1 Å². The lowest BCUT2D eigenvalue weighted by Crippen LogP contribution is -2.34. The molecule has 3 aromatic rings. The smallest absolute Gasteiger partial charge is 0.251 e. The number of pyridine rings is 1. The third-order valence-electron chi connectivity index (χ3n) is 4.48. The Morgan fingerprint density at radius 2 is 1.93 bits per heavy atom. The molecule has 1 aromatic carbocycles. The summed E-state index contributed by atoms with van der Waals surface area (Å²) in [7, 11) is 0. The van der Waals surface area contributed by atoms with Crippen molar-refractivity contribution in [1.82, 2.24) is 20.3 Å². The number of hydrogen-bond donors (Lipinski definition) is 2. The number of benzene rings is 1. The first-order valence-electron chi connectivity index (χ1n) is 9.29. The average molecular weight is 376 g/mol. The van der Waals surface area contributed by atoms with E-state index in [-0.39, 0.29) is 29.8 Å². The predicted octanol–water partition coefficient (Wildman–Crippen LogP) is 3.20. The molecule has 28 heavy (non-hydrogen) atoms. The summed E-state index contributed by atoms with van der Waals surface area (Å²) in [4.78, 5) is 36.2. The van der Waals surface area contributed by atoms with Gasteiger partial charge in [-0.1, -0.05) is 43.7 Å². The van der Waals surface area contributed by atoms with Crippen LogP contribution < -0.4 is 10.9 Å². The van der Waals surface area contributed by atoms with Crippen molar-refractivity contribution in [3.05, 3.63) is 82.0 Å². The highest BCUT2D eigenvalue weighted by Gasteiger charge is 2.21. The van der Waals surface area contributed by atoms with Crippen LogP contribution in [0.3, 0.4) is 0 Å². The van der Waals surface area contributed by atoms with Gasteiger partial charge < -0.3 is 10.3 Å². The van der Waals surface area contributed by atoms with Crippen molar-refractivity contribution in [2.45, 2.75) is 33.2 Å². The van der Waals surface area contributed by atoms with Crippen LogP contribution in [0.25, 0.3) is 11.4 Å². The minimum atomic E-state index is -0.365. The first-order chi connectivity index (χ1) is 13.4. The van der Waals surface area contributed by atoms with Crippen LogP contribution >= 0.6 is 0 Å². The fourth-order valence-electron chi connectivity index (χ4n) is 2.97. The molecule has 0 fully saturated rings. The summed E-state index contributed by atoms with van der Waals surface area (Å²) in [5.74, 6) is 0.402. The second kappa shape index (κ2) is 8.61. The number of H-pyrrole nitrogens is 1. The Kier molecular flexibility index (Phi) is 5.99. The van der Waals surface area contributed by atoms with E-state index >= 15 is 0 Å². The van der Waals surface area contributed by atoms with Crippen molar-refractivity contribution in [1.29, 1.82) is 0 Å². The molecule has 6 heteroatoms. The molecule has 0 radical (unpaired) electrons. The maximum absolute atomic E-state index is 12.6. The normalized spacial score (nSPS) is 12.0. The van der Waals surface area contributed by atoms with Crippen LogP contribution in [0.4, 0.5) is 0 Å². The monoisotopic (exact) mass is 376 g/mol. The lowest BCUT2D eigenvalue weighted by atomic mass is 9.99. The predicted molar refractivity (Wildman–Crippen MR) is 109 cm³/mol. The number of hydrogen-bond acceptors (Lipinski definition) is 4. The summed E-state index contributed by atoms with van der Waals surface area (Å²) in [6, 6.07) is 12.6. The van der Waals surface area contributed by atoms with E-state index < -0.39 is 0 Å². The molecule has 3 rings (SSSR count). The molecule has 0 aliphatic rings. The zero-order valence-corrected chi connectivity index (χ0v) is 16.3. The third-order valence-corrected chi connectivity index (χ3v) is 4.48. The number of aromatic amines is 1. The number of carbonyl (C=O) groups excluding carboxylic acids is 1. The molecular formula is C22H24N4O2. The molecule has 2 aromatic heterocycles. The summed E-state index contributed by atoms with van der Waals surface area (Å²) in [5, 5.41) is 3.03. The topological polar surface area (TPSA) is 87.7 Å². The number of carbonyl (C=O) groups is 1. The van der Waals surface area contributed by atoms with E-state index in [4.69, 9.17) is 0 Å². The molecule has 144 valence electrons. The van der Waals surface area contributed by atoms with Gasteiger partial charge >= 0.3 is 0 Å². The van der Waals surface area contributed by atoms with Gasteiger partial charge in [-0.25, -0.2) is 4.98 Å². The highest BCUT2D eigenvalue weighted by atomic mass is 16.1. The van der Waals surface area contributed by atoms with Crippen molar-refractivity contribution in [2.75, 3.05) is 0 Å². The summed E-state index contributed by atoms with van der Waals surface area (Å²) in [6.45, 7) is 5.99. The highest BCUT2D eigenvalue weighted by Crippen LogP contribution is 2.21. The fourth-order valence-corrected chi connectivity index (χ4v) is 2.97. The van der Waals surface area contributed by atoms with Crippen LogP contribution in [0.15, 0.2) is 59.7 Å². The van der Waals surface area contributed by atoms with Gasteiger partial charge in [-0.05, 0) is 30.5 Å². The number of nitrogens with zero attached hydrogens (tertiary/aromatic N) is 2. The summed E-state index contributed by atoms with van der Waals surface area (Å²) >= 11 is 0. The Morgan fingerprint density at radius 3 is 2.57 bits per heavy atom. The molecule has 2 heterocycles. The molecule has 0 spiro atoms. The maximum Gasteiger partial charge on any atom is 0.251 e. The van der Waals surface area contributed by atoms with E-state index in [0.717, 1.165) is 16.7 Å². The number of aryl methyl sites for hydroxylation is 1. The number of aromatic nitrogens is 3. The van der Waals surface area contributed by atoms with Crippen LogP contribution in [0.5, 0.6) is 0 Å². The van der Waals surface area contributed by atoms with Gasteiger partial charge in [0.25, 0.3) is 5.56 Å². The molecule has 1 amide bonds. The van der Waals surface area contributed by atoms with Gasteiger partial charge in [-0.2, -0.15) is 0 Å². The van der Waals surface area contributed by atoms with Crippen LogP contribution in [-0.2, 0) is 11.2 Å². The van der Waals surface area contributed by atoms with Crippen molar-refractivity contribution < 1.29 is 4.79 Å². The van der Waals surface area contributed by atoms with Crippen LogP contribution in [0.2, 0.25) is 0 Å². The lowest BCUT2D eigenvalue weighted by molar-refractivity contribution is -0.121. The summed E-state index contributed by atoms with van der Waals surface area (Å²) < 4.78 is 0. The molecule has 0 aliphatic carbocycles. The lowest BCUT2D eigenvalue weighted by Gasteiger charge is -2.22. The minimum Gasteiger partial charge on any atom is -0.347 e. The van der Waals surface area contributed by atoms with Crippen LogP contribution in [-0.4, -0.2) is 20.9 Å². The molecule has 0 unspecified atom stereocenters. The van der Waals surface area contributed by atoms with Crippen molar-refractivity contribution in [2.24, 2.45) is 5.92 Å². The largest absolute Gasteiger partial charge is 0.347 e. The van der Waals surface area contributed by atoms with E-state index in [1.54, 1.807) is 18.5 Å². The zero-order chi connectivity index (χ0) is 20.1. The standard InChI is InChI=1S/C22H24N4O2/c1-14(2)21(25-19(27)11-16-8-6-15(3)7-9-16)18-12-20(28)26-22(24-18)17-5-4-10-23-13-17/h4-10,12-14,21H,11H2,1-3H3,(H,25,27)(H,24,26,28)/t21-/m1/s1. The molecule has 0 saturated heterocycles. The fraction of sp³-hybridized carbons (Fsp3) is 0.273. The van der Waals surface area contributed by atoms with Crippen molar-refractivity contribution in [3.63, 3.8) is 0 Å². The van der Waals surface area contributed by atoms with Gasteiger partial charge in [-0.3, -0.25) is 14.6 Å². The van der Waals surface area contributed by atoms with Crippen LogP contribution in [0, 0.1) is 12.8 Å². The van der Waals surface area contributed by atoms with Gasteiger partial charge in [0.05, 0.1) is 18.2 Å². The van der Waals surface area contributed by atoms with E-state index in [0.29, 0.717) is 11.5 Å². The third kappa shape index (κ3) is 4.91. The first kappa shape index (κ1) is 19.5. The molecule has 1 atom stereocenters. The van der Waals surface area contributed by atoms with E-state index in [1.165, 1.54) is 6.07 Å². The number of nitrogens with one attached hydrogen (secondary N) is 2. The quantitative estimate of drug-likeness (QED) is 0.692. The Labute approximate surface area is 164 Å². The number of amides is 1. The highest BCUT2D eigenvalue weighted by molar-refractivity contribution is 5.79. The first-order valence-corrected chi connectivity index (χ1v) is 9.29. The zero-order valence-electron chi connectivity index (χ0n) is 16.3. The van der Waals surface area contributed by atoms with Gasteiger partial charge in [0.2, 0.25) is 5.91 Å². The molecule has 6 nitrogen and oxygen atoms in total. The maximum atomic E-state index is 12.6. The summed E-state index contributed by atoms with van der Waals surface area (Å²) in [5.41, 5.74) is 3.09. The summed E-state index contributed by atoms with van der Waals surface area (Å²) in [6.07, 6.45) is 3.58. The van der Waals surface area contributed by atoms with Crippen LogP contribution in [0.1, 0.15) is 36.7 Å². The van der Waals surface area contributed by atoms with Gasteiger partial charge in [-0.15, -0.1) is 0 Å². The van der Waals surface area contributed by atoms with Gasteiger partial charge in [0, 0.05) is 24.0 Å². The number of rotatable bonds is 6. The second-order valence-corrected chi connectivity index (χ2v) is 7.21. The Balaban J connectivity index is 1.84. The van der Waals surface area contributed by atoms with E-state index in [9.17, 15) is 9.59 Å². The van der Waals surface area contributed by atoms with E-state index in [2.05, 4.69) is 20.3 Å². The molecule has 2 N–H and O–H groups in total. The SMILES string of the molecule is Cc1ccc(CC(=O)N[C@@H](c2cc(=O)[nH]c(-c3cccnc3)n2)C(C)C)cc1. The van der Waals surface area contributed by atoms with Gasteiger partial charge in [0.1, 0.15) is 5.82 Å². The van der Waals surface area contributed by atoms with Crippen molar-refractivity contribution in [3.8, 4) is 11.4 Å². The van der Waals surface area contributed by atoms with Gasteiger partial charge in [0.15, 0.2) is 0 Å². The molecule has 0 saturated carbocycles. The molecule has 0 aliphatic heterocycles. The second-order valence-electron chi connectivity index (χ2n) is 7.21. The minimum absolute atomic E-state index is 0.0676. The molecule has 0 bridgehead atoms. The van der Waals surface area contributed by atoms with Crippen molar-refractivity contribution >= 4 is 5.91 Å². The molecular weight excluding hydrogens is 352 g/mol. The Bertz CT molecular complexity index is 995. The Hall–Kier alpha value is -3.28. The Morgan fingerprint density at radius 1 is 1.18 bits per heavy atom.